The molecule has 122 valence electrons. The Kier molecular flexibility index (Phi) is 4.40. The van der Waals surface area contributed by atoms with E-state index in [1.807, 2.05) is 57.1 Å². The number of rotatable bonds is 5. The summed E-state index contributed by atoms with van der Waals surface area (Å²) in [6, 6.07) is 10.2. The van der Waals surface area contributed by atoms with Gasteiger partial charge in [0, 0.05) is 19.8 Å². The Labute approximate surface area is 134 Å². The van der Waals surface area contributed by atoms with Crippen LogP contribution < -0.4 is 10.2 Å². The van der Waals surface area contributed by atoms with Crippen LogP contribution in [0.5, 0.6) is 0 Å². The third-order valence-electron chi connectivity index (χ3n) is 3.53. The van der Waals surface area contributed by atoms with Crippen molar-refractivity contribution in [2.24, 2.45) is 0 Å². The summed E-state index contributed by atoms with van der Waals surface area (Å²) in [5, 5.41) is 13.4. The lowest BCUT2D eigenvalue weighted by molar-refractivity contribution is -0.402. The van der Waals surface area contributed by atoms with Gasteiger partial charge in [0.05, 0.1) is 11.6 Å². The maximum absolute atomic E-state index is 12.2. The average molecular weight is 317 g/mol. The highest BCUT2D eigenvalue weighted by Crippen LogP contribution is 2.24. The van der Waals surface area contributed by atoms with Crippen molar-refractivity contribution in [3.05, 3.63) is 57.8 Å². The van der Waals surface area contributed by atoms with Crippen LogP contribution in [0.3, 0.4) is 0 Å². The molecular weight excluding hydrogens is 298 g/mol. The molecule has 2 aromatic rings. The van der Waals surface area contributed by atoms with Gasteiger partial charge in [-0.2, -0.15) is 0 Å². The second-order valence-corrected chi connectivity index (χ2v) is 5.92. The van der Waals surface area contributed by atoms with Gasteiger partial charge in [0.1, 0.15) is 4.92 Å². The van der Waals surface area contributed by atoms with E-state index in [1.54, 1.807) is 0 Å². The zero-order valence-corrected chi connectivity index (χ0v) is 13.5. The van der Waals surface area contributed by atoms with Crippen molar-refractivity contribution in [2.75, 3.05) is 19.0 Å². The first kappa shape index (κ1) is 16.5. The molecule has 0 saturated heterocycles. The van der Waals surface area contributed by atoms with Crippen LogP contribution in [0.2, 0.25) is 0 Å². The van der Waals surface area contributed by atoms with Gasteiger partial charge in [0.25, 0.3) is 5.91 Å². The lowest BCUT2D eigenvalue weighted by Gasteiger charge is -2.27. The minimum absolute atomic E-state index is 0.0883. The van der Waals surface area contributed by atoms with Crippen LogP contribution in [0.25, 0.3) is 0 Å². The lowest BCUT2D eigenvalue weighted by atomic mass is 9.94. The molecule has 0 spiro atoms. The Hall–Kier alpha value is -2.83. The number of carbonyl (C=O) groups excluding carboxylic acids is 1. The highest BCUT2D eigenvalue weighted by molar-refractivity contribution is 5.92. The van der Waals surface area contributed by atoms with Gasteiger partial charge in [-0.05, 0) is 37.6 Å². The molecular formula is C16H19N3O4. The van der Waals surface area contributed by atoms with Crippen LogP contribution in [0.15, 0.2) is 40.8 Å². The molecule has 0 aliphatic rings. The van der Waals surface area contributed by atoms with Gasteiger partial charge in [0.2, 0.25) is 0 Å². The second-order valence-electron chi connectivity index (χ2n) is 5.92. The molecule has 7 heteroatoms. The summed E-state index contributed by atoms with van der Waals surface area (Å²) < 4.78 is 4.92. The molecule has 0 bridgehead atoms. The highest BCUT2D eigenvalue weighted by atomic mass is 16.6. The number of benzene rings is 1. The number of nitro groups is 1. The highest BCUT2D eigenvalue weighted by Gasteiger charge is 2.26. The van der Waals surface area contributed by atoms with Gasteiger partial charge in [0.15, 0.2) is 5.76 Å². The zero-order chi connectivity index (χ0) is 17.2. The van der Waals surface area contributed by atoms with Crippen molar-refractivity contribution >= 4 is 17.5 Å². The molecule has 0 atom stereocenters. The molecule has 1 heterocycles. The summed E-state index contributed by atoms with van der Waals surface area (Å²) >= 11 is 0. The van der Waals surface area contributed by atoms with E-state index in [4.69, 9.17) is 4.42 Å². The number of nitrogens with zero attached hydrogens (tertiary/aromatic N) is 2. The van der Waals surface area contributed by atoms with Crippen molar-refractivity contribution in [1.29, 1.82) is 0 Å². The van der Waals surface area contributed by atoms with Crippen LogP contribution in [-0.4, -0.2) is 24.9 Å². The Bertz CT molecular complexity index is 717. The number of carbonyl (C=O) groups is 1. The van der Waals surface area contributed by atoms with Crippen LogP contribution in [-0.2, 0) is 5.54 Å². The van der Waals surface area contributed by atoms with E-state index in [1.165, 1.54) is 6.07 Å². The quantitative estimate of drug-likeness (QED) is 0.676. The van der Waals surface area contributed by atoms with Gasteiger partial charge in [-0.3, -0.25) is 14.9 Å². The van der Waals surface area contributed by atoms with Gasteiger partial charge < -0.3 is 14.6 Å². The largest absolute Gasteiger partial charge is 0.433 e. The van der Waals surface area contributed by atoms with Crippen LogP contribution in [0.1, 0.15) is 30.0 Å². The van der Waals surface area contributed by atoms with Gasteiger partial charge in [-0.15, -0.1) is 0 Å². The van der Waals surface area contributed by atoms with Crippen LogP contribution in [0, 0.1) is 10.1 Å². The number of hydrogen-bond donors (Lipinski definition) is 1. The standard InChI is InChI=1S/C16H19N3O4/c1-16(2,11-5-7-12(8-6-11)18(3)4)17-15(20)13-9-10-14(23-13)19(21)22/h5-10H,1-4H3,(H,17,20). The smallest absolute Gasteiger partial charge is 0.395 e. The number of furan rings is 1. The minimum atomic E-state index is -0.679. The van der Waals surface area contributed by atoms with Crippen molar-refractivity contribution in [1.82, 2.24) is 5.32 Å². The van der Waals surface area contributed by atoms with E-state index in [0.717, 1.165) is 17.3 Å². The van der Waals surface area contributed by atoms with E-state index < -0.39 is 22.3 Å². The van der Waals surface area contributed by atoms with Crippen LogP contribution >= 0.6 is 0 Å². The fraction of sp³-hybridized carbons (Fsp3) is 0.312. The van der Waals surface area contributed by atoms with E-state index in [-0.39, 0.29) is 5.76 Å². The molecule has 0 saturated carbocycles. The topological polar surface area (TPSA) is 88.6 Å². The molecule has 7 nitrogen and oxygen atoms in total. The Morgan fingerprint density at radius 2 is 1.78 bits per heavy atom. The van der Waals surface area contributed by atoms with E-state index >= 15 is 0 Å². The first-order valence-electron chi connectivity index (χ1n) is 7.05. The molecule has 2 rings (SSSR count). The number of nitrogens with one attached hydrogen (secondary N) is 1. The normalized spacial score (nSPS) is 11.1. The monoisotopic (exact) mass is 317 g/mol. The maximum Gasteiger partial charge on any atom is 0.433 e. The summed E-state index contributed by atoms with van der Waals surface area (Å²) in [6.07, 6.45) is 0. The summed E-state index contributed by atoms with van der Waals surface area (Å²) in [4.78, 5) is 24.1. The van der Waals surface area contributed by atoms with Crippen molar-refractivity contribution < 1.29 is 14.1 Å². The summed E-state index contributed by atoms with van der Waals surface area (Å²) in [7, 11) is 3.90. The molecule has 0 aliphatic heterocycles. The van der Waals surface area contributed by atoms with E-state index in [9.17, 15) is 14.9 Å². The lowest BCUT2D eigenvalue weighted by Crippen LogP contribution is -2.40. The van der Waals surface area contributed by atoms with Gasteiger partial charge in [-0.1, -0.05) is 12.1 Å². The molecule has 0 aliphatic carbocycles. The molecule has 1 N–H and O–H groups in total. The van der Waals surface area contributed by atoms with Crippen molar-refractivity contribution in [3.8, 4) is 0 Å². The summed E-state index contributed by atoms with van der Waals surface area (Å²) in [5.41, 5.74) is 1.32. The summed E-state index contributed by atoms with van der Waals surface area (Å²) in [5.74, 6) is -1.04. The van der Waals surface area contributed by atoms with Crippen molar-refractivity contribution in [2.45, 2.75) is 19.4 Å². The second kappa shape index (κ2) is 6.12. The van der Waals surface area contributed by atoms with E-state index in [0.29, 0.717) is 0 Å². The third kappa shape index (κ3) is 3.68. The molecule has 1 amide bonds. The SMILES string of the molecule is CN(C)c1ccc(C(C)(C)NC(=O)c2ccc([N+](=O)[O-])o2)cc1. The predicted octanol–water partition coefficient (Wildman–Crippen LogP) is 2.92. The average Bonchev–Trinajstić information content (AvgIpc) is 2.97. The first-order valence-corrected chi connectivity index (χ1v) is 7.05. The Morgan fingerprint density at radius 1 is 1.17 bits per heavy atom. The molecule has 0 radical (unpaired) electrons. The summed E-state index contributed by atoms with van der Waals surface area (Å²) in [6.45, 7) is 3.71. The van der Waals surface area contributed by atoms with Gasteiger partial charge in [-0.25, -0.2) is 0 Å². The number of amides is 1. The fourth-order valence-electron chi connectivity index (χ4n) is 2.14. The molecule has 0 fully saturated rings. The minimum Gasteiger partial charge on any atom is -0.395 e. The molecule has 0 unspecified atom stereocenters. The van der Waals surface area contributed by atoms with Gasteiger partial charge >= 0.3 is 5.88 Å². The molecule has 1 aromatic carbocycles. The Balaban J connectivity index is 2.15. The third-order valence-corrected chi connectivity index (χ3v) is 3.53. The van der Waals surface area contributed by atoms with Crippen LogP contribution in [0.4, 0.5) is 11.6 Å². The fourth-order valence-corrected chi connectivity index (χ4v) is 2.14. The van der Waals surface area contributed by atoms with E-state index in [2.05, 4.69) is 5.32 Å². The number of anilines is 1. The van der Waals surface area contributed by atoms with Crippen molar-refractivity contribution in [3.63, 3.8) is 0 Å². The zero-order valence-electron chi connectivity index (χ0n) is 13.5. The maximum atomic E-state index is 12.2. The number of hydrogen-bond acceptors (Lipinski definition) is 5. The Morgan fingerprint density at radius 3 is 2.26 bits per heavy atom. The molecule has 23 heavy (non-hydrogen) atoms. The first-order chi connectivity index (χ1) is 10.7. The predicted molar refractivity (Wildman–Crippen MR) is 86.6 cm³/mol. The molecule has 1 aromatic heterocycles.